The van der Waals surface area contributed by atoms with Crippen LogP contribution < -0.4 is 10.1 Å². The summed E-state index contributed by atoms with van der Waals surface area (Å²) in [7, 11) is 1.64. The van der Waals surface area contributed by atoms with Gasteiger partial charge in [-0.05, 0) is 43.0 Å². The Bertz CT molecular complexity index is 797. The second-order valence-corrected chi connectivity index (χ2v) is 8.13. The van der Waals surface area contributed by atoms with E-state index >= 15 is 0 Å². The second-order valence-electron chi connectivity index (χ2n) is 8.13. The zero-order valence-electron chi connectivity index (χ0n) is 17.1. The predicted molar refractivity (Wildman–Crippen MR) is 110 cm³/mol. The highest BCUT2D eigenvalue weighted by molar-refractivity contribution is 5.77. The molecule has 0 aliphatic carbocycles. The van der Waals surface area contributed by atoms with E-state index in [1.807, 2.05) is 30.3 Å². The van der Waals surface area contributed by atoms with Crippen molar-refractivity contribution in [2.45, 2.75) is 43.7 Å². The maximum absolute atomic E-state index is 12.5. The third-order valence-corrected chi connectivity index (χ3v) is 6.09. The number of amides is 1. The molecule has 1 spiro atoms. The summed E-state index contributed by atoms with van der Waals surface area (Å²) in [6, 6.07) is 12.1. The maximum atomic E-state index is 12.5. The Morgan fingerprint density at radius 3 is 2.83 bits per heavy atom. The zero-order chi connectivity index (χ0) is 20.1. The monoisotopic (exact) mass is 398 g/mol. The molecule has 6 nitrogen and oxygen atoms in total. The largest absolute Gasteiger partial charge is 0.487 e. The van der Waals surface area contributed by atoms with Gasteiger partial charge in [0.25, 0.3) is 0 Å². The van der Waals surface area contributed by atoms with E-state index in [4.69, 9.17) is 13.9 Å². The zero-order valence-corrected chi connectivity index (χ0v) is 17.1. The molecule has 1 saturated heterocycles. The summed E-state index contributed by atoms with van der Waals surface area (Å²) in [4.78, 5) is 14.9. The van der Waals surface area contributed by atoms with Gasteiger partial charge in [0.05, 0.1) is 19.4 Å². The molecule has 1 fully saturated rings. The quantitative estimate of drug-likeness (QED) is 0.725. The molecule has 1 aromatic heterocycles. The number of furan rings is 1. The van der Waals surface area contributed by atoms with Gasteiger partial charge in [0.2, 0.25) is 5.91 Å². The smallest absolute Gasteiger partial charge is 0.220 e. The Morgan fingerprint density at radius 1 is 1.24 bits per heavy atom. The molecule has 156 valence electrons. The van der Waals surface area contributed by atoms with Gasteiger partial charge in [0, 0.05) is 39.1 Å². The van der Waals surface area contributed by atoms with Crippen LogP contribution in [0.2, 0.25) is 0 Å². The van der Waals surface area contributed by atoms with Crippen LogP contribution in [0.4, 0.5) is 0 Å². The van der Waals surface area contributed by atoms with Crippen LogP contribution in [0, 0.1) is 0 Å². The Labute approximate surface area is 172 Å². The van der Waals surface area contributed by atoms with E-state index in [-0.39, 0.29) is 17.4 Å². The van der Waals surface area contributed by atoms with E-state index in [0.29, 0.717) is 19.6 Å². The van der Waals surface area contributed by atoms with E-state index in [0.717, 1.165) is 56.0 Å². The van der Waals surface area contributed by atoms with Crippen molar-refractivity contribution in [1.82, 2.24) is 10.2 Å². The van der Waals surface area contributed by atoms with Crippen LogP contribution in [-0.4, -0.2) is 49.8 Å². The number of ether oxygens (including phenoxy) is 2. The molecule has 2 aromatic rings. The van der Waals surface area contributed by atoms with Crippen molar-refractivity contribution in [3.8, 4) is 5.75 Å². The van der Waals surface area contributed by atoms with Gasteiger partial charge in [0.15, 0.2) is 0 Å². The van der Waals surface area contributed by atoms with Gasteiger partial charge in [0.1, 0.15) is 17.1 Å². The first kappa shape index (κ1) is 20.0. The van der Waals surface area contributed by atoms with E-state index in [2.05, 4.69) is 16.3 Å². The highest BCUT2D eigenvalue weighted by Gasteiger charge is 2.43. The first-order valence-corrected chi connectivity index (χ1v) is 10.5. The van der Waals surface area contributed by atoms with Crippen LogP contribution in [-0.2, 0) is 16.1 Å². The minimum Gasteiger partial charge on any atom is -0.487 e. The maximum Gasteiger partial charge on any atom is 0.220 e. The van der Waals surface area contributed by atoms with Crippen LogP contribution in [0.5, 0.6) is 5.75 Å². The number of hydrogen-bond acceptors (Lipinski definition) is 5. The molecule has 4 rings (SSSR count). The number of para-hydroxylation sites is 1. The van der Waals surface area contributed by atoms with Gasteiger partial charge >= 0.3 is 0 Å². The van der Waals surface area contributed by atoms with E-state index < -0.39 is 0 Å². The molecule has 1 amide bonds. The van der Waals surface area contributed by atoms with Crippen LogP contribution in [0.1, 0.15) is 42.9 Å². The molecule has 3 heterocycles. The summed E-state index contributed by atoms with van der Waals surface area (Å²) in [5.74, 6) is 2.20. The number of rotatable bonds is 7. The predicted octanol–water partition coefficient (Wildman–Crippen LogP) is 3.33. The van der Waals surface area contributed by atoms with Crippen molar-refractivity contribution < 1.29 is 18.7 Å². The van der Waals surface area contributed by atoms with Crippen molar-refractivity contribution in [3.63, 3.8) is 0 Å². The topological polar surface area (TPSA) is 63.9 Å². The standard InChI is InChI=1S/C23H30N2O4/c1-27-14-10-24-22(26)15-18-16-23(29-21-7-3-2-6-20(18)21)8-11-25(12-9-23)17-19-5-4-13-28-19/h2-7,13,18H,8-12,14-17H2,1H3,(H,24,26)/t18-/m0/s1. The fourth-order valence-electron chi connectivity index (χ4n) is 4.56. The molecule has 6 heteroatoms. The SMILES string of the molecule is COCCNC(=O)C[C@H]1CC2(CCN(Cc3ccco3)CC2)Oc2ccccc21. The fourth-order valence-corrected chi connectivity index (χ4v) is 4.56. The normalized spacial score (nSPS) is 20.8. The van der Waals surface area contributed by atoms with E-state index in [1.165, 1.54) is 0 Å². The molecular formula is C23H30N2O4. The molecule has 2 aliphatic rings. The van der Waals surface area contributed by atoms with Crippen LogP contribution in [0.25, 0.3) is 0 Å². The van der Waals surface area contributed by atoms with Crippen LogP contribution >= 0.6 is 0 Å². The summed E-state index contributed by atoms with van der Waals surface area (Å²) < 4.78 is 17.1. The molecule has 1 atom stereocenters. The van der Waals surface area contributed by atoms with Gasteiger partial charge in [-0.2, -0.15) is 0 Å². The number of methoxy groups -OCH3 is 1. The minimum atomic E-state index is -0.189. The molecule has 0 saturated carbocycles. The van der Waals surface area contributed by atoms with Gasteiger partial charge in [-0.1, -0.05) is 18.2 Å². The lowest BCUT2D eigenvalue weighted by molar-refractivity contribution is -0.122. The lowest BCUT2D eigenvalue weighted by Crippen LogP contribution is -2.50. The van der Waals surface area contributed by atoms with Crippen molar-refractivity contribution in [3.05, 3.63) is 54.0 Å². The number of benzene rings is 1. The lowest BCUT2D eigenvalue weighted by atomic mass is 9.76. The molecular weight excluding hydrogens is 368 g/mol. The summed E-state index contributed by atoms with van der Waals surface area (Å²) in [5, 5.41) is 2.96. The second kappa shape index (κ2) is 9.01. The highest BCUT2D eigenvalue weighted by atomic mass is 16.5. The highest BCUT2D eigenvalue weighted by Crippen LogP contribution is 2.46. The summed E-state index contributed by atoms with van der Waals surface area (Å²) >= 11 is 0. The minimum absolute atomic E-state index is 0.0779. The number of carbonyl (C=O) groups is 1. The number of nitrogens with zero attached hydrogens (tertiary/aromatic N) is 1. The molecule has 2 aliphatic heterocycles. The Kier molecular flexibility index (Phi) is 6.21. The Balaban J connectivity index is 1.42. The van der Waals surface area contributed by atoms with Crippen molar-refractivity contribution in [2.24, 2.45) is 0 Å². The molecule has 1 N–H and O–H groups in total. The molecule has 0 bridgehead atoms. The third-order valence-electron chi connectivity index (χ3n) is 6.09. The number of fused-ring (bicyclic) bond motifs is 1. The van der Waals surface area contributed by atoms with Gasteiger partial charge in [-0.3, -0.25) is 9.69 Å². The first-order valence-electron chi connectivity index (χ1n) is 10.5. The number of carbonyl (C=O) groups excluding carboxylic acids is 1. The van der Waals surface area contributed by atoms with E-state index in [9.17, 15) is 4.79 Å². The summed E-state index contributed by atoms with van der Waals surface area (Å²) in [5.41, 5.74) is 0.962. The molecule has 0 unspecified atom stereocenters. The van der Waals surface area contributed by atoms with Gasteiger partial charge in [-0.25, -0.2) is 0 Å². The van der Waals surface area contributed by atoms with Gasteiger partial charge in [-0.15, -0.1) is 0 Å². The van der Waals surface area contributed by atoms with E-state index in [1.54, 1.807) is 13.4 Å². The average molecular weight is 399 g/mol. The third kappa shape index (κ3) is 4.82. The molecule has 0 radical (unpaired) electrons. The Hall–Kier alpha value is -2.31. The molecule has 1 aromatic carbocycles. The van der Waals surface area contributed by atoms with Crippen LogP contribution in [0.3, 0.4) is 0 Å². The number of nitrogens with one attached hydrogen (secondary N) is 1. The van der Waals surface area contributed by atoms with Crippen molar-refractivity contribution >= 4 is 5.91 Å². The van der Waals surface area contributed by atoms with Crippen molar-refractivity contribution in [1.29, 1.82) is 0 Å². The summed E-state index contributed by atoms with van der Waals surface area (Å²) in [6.07, 6.45) is 5.02. The first-order chi connectivity index (χ1) is 14.2. The Morgan fingerprint density at radius 2 is 2.07 bits per heavy atom. The summed E-state index contributed by atoms with van der Waals surface area (Å²) in [6.45, 7) is 3.86. The van der Waals surface area contributed by atoms with Gasteiger partial charge < -0.3 is 19.2 Å². The lowest BCUT2D eigenvalue weighted by Gasteiger charge is -2.46. The van der Waals surface area contributed by atoms with Crippen molar-refractivity contribution in [2.75, 3.05) is 33.4 Å². The molecule has 29 heavy (non-hydrogen) atoms. The number of likely N-dealkylation sites (tertiary alicyclic amines) is 1. The number of piperidine rings is 1. The van der Waals surface area contributed by atoms with Crippen LogP contribution in [0.15, 0.2) is 47.1 Å². The number of hydrogen-bond donors (Lipinski definition) is 1. The fraction of sp³-hybridized carbons (Fsp3) is 0.522. The average Bonchev–Trinajstić information content (AvgIpc) is 3.23.